The van der Waals surface area contributed by atoms with Crippen molar-refractivity contribution in [3.8, 4) is 0 Å². The normalized spacial score (nSPS) is 11.5. The lowest BCUT2D eigenvalue weighted by Gasteiger charge is -2.01. The van der Waals surface area contributed by atoms with Crippen molar-refractivity contribution in [2.45, 2.75) is 78.1 Å². The van der Waals surface area contributed by atoms with Crippen molar-refractivity contribution in [1.82, 2.24) is 0 Å². The minimum atomic E-state index is -0.166. The summed E-state index contributed by atoms with van der Waals surface area (Å²) in [5.41, 5.74) is 0. The minimum absolute atomic E-state index is 0.166. The van der Waals surface area contributed by atoms with Crippen LogP contribution in [-0.2, 0) is 9.53 Å². The molecule has 0 amide bonds. The van der Waals surface area contributed by atoms with Crippen molar-refractivity contribution < 1.29 is 9.53 Å². The Morgan fingerprint density at radius 2 is 1.40 bits per heavy atom. The molecule has 0 aromatic heterocycles. The highest BCUT2D eigenvalue weighted by Crippen LogP contribution is 2.07. The lowest BCUT2D eigenvalue weighted by Crippen LogP contribution is -1.99. The van der Waals surface area contributed by atoms with Crippen LogP contribution in [0.25, 0.3) is 0 Å². The van der Waals surface area contributed by atoms with E-state index in [1.54, 1.807) is 0 Å². The third kappa shape index (κ3) is 16.9. The number of esters is 1. The maximum atomic E-state index is 10.5. The van der Waals surface area contributed by atoms with Crippen LogP contribution in [0, 0.1) is 0 Å². The molecule has 0 bridgehead atoms. The average Bonchev–Trinajstić information content (AvgIpc) is 2.43. The Bertz CT molecular complexity index is 267. The average molecular weight is 280 g/mol. The molecule has 2 nitrogen and oxygen atoms in total. The first-order valence-corrected chi connectivity index (χ1v) is 8.22. The molecular formula is C18H32O2. The fourth-order valence-electron chi connectivity index (χ4n) is 1.96. The van der Waals surface area contributed by atoms with Gasteiger partial charge in [-0.05, 0) is 25.7 Å². The largest absolute Gasteiger partial charge is 0.466 e. The van der Waals surface area contributed by atoms with Gasteiger partial charge in [-0.2, -0.15) is 0 Å². The molecule has 20 heavy (non-hydrogen) atoms. The zero-order valence-corrected chi connectivity index (χ0v) is 13.4. The summed E-state index contributed by atoms with van der Waals surface area (Å²) < 4.78 is 4.89. The monoisotopic (exact) mass is 280 g/mol. The van der Waals surface area contributed by atoms with E-state index in [-0.39, 0.29) is 5.97 Å². The number of hydrogen-bond donors (Lipinski definition) is 0. The van der Waals surface area contributed by atoms with Gasteiger partial charge in [0.2, 0.25) is 0 Å². The molecule has 0 N–H and O–H groups in total. The van der Waals surface area contributed by atoms with E-state index in [2.05, 4.69) is 31.2 Å². The summed E-state index contributed by atoms with van der Waals surface area (Å²) in [6.45, 7) is 4.27. The van der Waals surface area contributed by atoms with Gasteiger partial charge in [-0.3, -0.25) is 4.79 Å². The van der Waals surface area contributed by atoms with Crippen LogP contribution in [0.2, 0.25) is 0 Å². The van der Waals surface area contributed by atoms with E-state index in [0.29, 0.717) is 6.61 Å². The second-order valence-corrected chi connectivity index (χ2v) is 5.25. The van der Waals surface area contributed by atoms with E-state index in [0.717, 1.165) is 6.42 Å². The van der Waals surface area contributed by atoms with Crippen molar-refractivity contribution in [3.05, 3.63) is 24.3 Å². The van der Waals surface area contributed by atoms with E-state index < -0.39 is 0 Å². The Morgan fingerprint density at radius 3 is 2.00 bits per heavy atom. The first-order valence-electron chi connectivity index (χ1n) is 8.22. The quantitative estimate of drug-likeness (QED) is 0.250. The standard InChI is InChI=1S/C18H32O2/c1-3-4-5-6-7-8-9-10-11-12-13-14-15-16-17-20-18(2)19/h6-9H,3-5,10-17H2,1-2H3/b7-6+,9-8+. The highest BCUT2D eigenvalue weighted by Gasteiger charge is 1.93. The van der Waals surface area contributed by atoms with Gasteiger partial charge in [0.15, 0.2) is 0 Å². The molecule has 0 radical (unpaired) electrons. The minimum Gasteiger partial charge on any atom is -0.466 e. The molecule has 0 atom stereocenters. The van der Waals surface area contributed by atoms with Gasteiger partial charge < -0.3 is 4.74 Å². The molecule has 0 heterocycles. The van der Waals surface area contributed by atoms with Crippen LogP contribution >= 0.6 is 0 Å². The topological polar surface area (TPSA) is 26.3 Å². The van der Waals surface area contributed by atoms with E-state index in [4.69, 9.17) is 4.74 Å². The molecule has 0 aromatic carbocycles. The Morgan fingerprint density at radius 1 is 0.850 bits per heavy atom. The number of ether oxygens (including phenoxy) is 1. The zero-order valence-electron chi connectivity index (χ0n) is 13.4. The summed E-state index contributed by atoms with van der Waals surface area (Å²) in [5, 5.41) is 0. The number of unbranched alkanes of at least 4 members (excludes halogenated alkanes) is 8. The third-order valence-corrected chi connectivity index (χ3v) is 3.18. The summed E-state index contributed by atoms with van der Waals surface area (Å²) in [5.74, 6) is -0.166. The predicted molar refractivity (Wildman–Crippen MR) is 86.8 cm³/mol. The maximum absolute atomic E-state index is 10.5. The van der Waals surface area contributed by atoms with Crippen LogP contribution in [-0.4, -0.2) is 12.6 Å². The smallest absolute Gasteiger partial charge is 0.302 e. The molecule has 2 heteroatoms. The first-order chi connectivity index (χ1) is 9.77. The molecular weight excluding hydrogens is 248 g/mol. The van der Waals surface area contributed by atoms with E-state index in [9.17, 15) is 4.79 Å². The molecule has 0 spiro atoms. The highest BCUT2D eigenvalue weighted by molar-refractivity contribution is 5.65. The summed E-state index contributed by atoms with van der Waals surface area (Å²) >= 11 is 0. The number of hydrogen-bond acceptors (Lipinski definition) is 2. The Balaban J connectivity index is 3.14. The van der Waals surface area contributed by atoms with Crippen molar-refractivity contribution >= 4 is 5.97 Å². The summed E-state index contributed by atoms with van der Waals surface area (Å²) in [7, 11) is 0. The van der Waals surface area contributed by atoms with Crippen LogP contribution in [0.3, 0.4) is 0 Å². The van der Waals surface area contributed by atoms with Crippen molar-refractivity contribution in [2.24, 2.45) is 0 Å². The summed E-state index contributed by atoms with van der Waals surface area (Å²) in [6, 6.07) is 0. The van der Waals surface area contributed by atoms with Gasteiger partial charge in [0, 0.05) is 6.92 Å². The molecule has 0 aliphatic heterocycles. The molecule has 116 valence electrons. The molecule has 0 aromatic rings. The zero-order chi connectivity index (χ0) is 14.9. The van der Waals surface area contributed by atoms with Gasteiger partial charge in [-0.1, -0.05) is 69.8 Å². The Hall–Kier alpha value is -1.05. The van der Waals surface area contributed by atoms with Crippen LogP contribution in [0.1, 0.15) is 78.1 Å². The van der Waals surface area contributed by atoms with Crippen molar-refractivity contribution in [2.75, 3.05) is 6.61 Å². The first kappa shape index (κ1) is 18.9. The predicted octanol–water partition coefficient (Wildman–Crippen LogP) is 5.58. The maximum Gasteiger partial charge on any atom is 0.302 e. The molecule has 0 aliphatic carbocycles. The van der Waals surface area contributed by atoms with Crippen LogP contribution in [0.4, 0.5) is 0 Å². The van der Waals surface area contributed by atoms with Crippen LogP contribution < -0.4 is 0 Å². The summed E-state index contributed by atoms with van der Waals surface area (Å²) in [6.07, 6.45) is 21.1. The number of carbonyl (C=O) groups is 1. The third-order valence-electron chi connectivity index (χ3n) is 3.18. The molecule has 0 unspecified atom stereocenters. The number of allylic oxidation sites excluding steroid dienone is 4. The highest BCUT2D eigenvalue weighted by atomic mass is 16.5. The lowest BCUT2D eigenvalue weighted by atomic mass is 10.1. The number of carbonyl (C=O) groups excluding carboxylic acids is 1. The van der Waals surface area contributed by atoms with E-state index in [1.807, 2.05) is 0 Å². The number of rotatable bonds is 13. The van der Waals surface area contributed by atoms with Gasteiger partial charge in [-0.25, -0.2) is 0 Å². The fraction of sp³-hybridized carbons (Fsp3) is 0.722. The van der Waals surface area contributed by atoms with Crippen LogP contribution in [0.5, 0.6) is 0 Å². The van der Waals surface area contributed by atoms with Gasteiger partial charge in [-0.15, -0.1) is 0 Å². The fourth-order valence-corrected chi connectivity index (χ4v) is 1.96. The Kier molecular flexibility index (Phi) is 15.2. The van der Waals surface area contributed by atoms with Crippen molar-refractivity contribution in [1.29, 1.82) is 0 Å². The van der Waals surface area contributed by atoms with Gasteiger partial charge >= 0.3 is 5.97 Å². The van der Waals surface area contributed by atoms with E-state index >= 15 is 0 Å². The SMILES string of the molecule is CCCC/C=C/C=C/CCCCCCCCOC(C)=O. The molecule has 0 saturated heterocycles. The molecule has 0 aliphatic rings. The molecule has 0 saturated carbocycles. The second kappa shape index (κ2) is 16.0. The molecule has 0 fully saturated rings. The Labute approximate surface area is 125 Å². The van der Waals surface area contributed by atoms with Gasteiger partial charge in [0.25, 0.3) is 0 Å². The van der Waals surface area contributed by atoms with Crippen LogP contribution in [0.15, 0.2) is 24.3 Å². The lowest BCUT2D eigenvalue weighted by molar-refractivity contribution is -0.141. The van der Waals surface area contributed by atoms with Crippen molar-refractivity contribution in [3.63, 3.8) is 0 Å². The summed E-state index contributed by atoms with van der Waals surface area (Å²) in [4.78, 5) is 10.5. The van der Waals surface area contributed by atoms with Gasteiger partial charge in [0.1, 0.15) is 0 Å². The second-order valence-electron chi connectivity index (χ2n) is 5.25. The van der Waals surface area contributed by atoms with Gasteiger partial charge in [0.05, 0.1) is 6.61 Å². The van der Waals surface area contributed by atoms with E-state index in [1.165, 1.54) is 64.7 Å². The molecule has 0 rings (SSSR count).